The summed E-state index contributed by atoms with van der Waals surface area (Å²) in [5, 5.41) is 5.28. The molecule has 0 radical (unpaired) electrons. The topological polar surface area (TPSA) is 101 Å². The van der Waals surface area contributed by atoms with Gasteiger partial charge in [-0.05, 0) is 37.1 Å². The van der Waals surface area contributed by atoms with Gasteiger partial charge in [-0.25, -0.2) is 4.39 Å². The van der Waals surface area contributed by atoms with E-state index < -0.39 is 11.7 Å². The Bertz CT molecular complexity index is 574. The molecule has 0 aromatic heterocycles. The number of nitrogens with one attached hydrogen (secondary N) is 2. The van der Waals surface area contributed by atoms with Crippen molar-refractivity contribution in [2.45, 2.75) is 12.8 Å². The van der Waals surface area contributed by atoms with E-state index in [-0.39, 0.29) is 36.7 Å². The lowest BCUT2D eigenvalue weighted by Crippen LogP contribution is -2.47. The van der Waals surface area contributed by atoms with E-state index in [4.69, 9.17) is 5.73 Å². The first-order valence-corrected chi connectivity index (χ1v) is 7.10. The van der Waals surface area contributed by atoms with Gasteiger partial charge in [0.25, 0.3) is 5.91 Å². The van der Waals surface area contributed by atoms with Gasteiger partial charge in [-0.3, -0.25) is 14.4 Å². The predicted molar refractivity (Wildman–Crippen MR) is 77.2 cm³/mol. The van der Waals surface area contributed by atoms with E-state index in [1.807, 2.05) is 0 Å². The summed E-state index contributed by atoms with van der Waals surface area (Å²) in [6.07, 6.45) is 1.30. The fourth-order valence-corrected chi connectivity index (χ4v) is 2.35. The molecule has 7 heteroatoms. The van der Waals surface area contributed by atoms with Gasteiger partial charge in [0.05, 0.1) is 0 Å². The van der Waals surface area contributed by atoms with Crippen LogP contribution in [0.2, 0.25) is 0 Å². The Hall–Kier alpha value is -2.44. The van der Waals surface area contributed by atoms with Crippen molar-refractivity contribution in [1.29, 1.82) is 0 Å². The van der Waals surface area contributed by atoms with E-state index >= 15 is 0 Å². The van der Waals surface area contributed by atoms with Crippen LogP contribution in [-0.2, 0) is 9.59 Å². The smallest absolute Gasteiger partial charge is 0.251 e. The van der Waals surface area contributed by atoms with Crippen LogP contribution in [0, 0.1) is 17.7 Å². The van der Waals surface area contributed by atoms with E-state index in [9.17, 15) is 18.8 Å². The highest BCUT2D eigenvalue weighted by molar-refractivity contribution is 5.94. The summed E-state index contributed by atoms with van der Waals surface area (Å²) in [6, 6.07) is 5.18. The number of rotatable bonds is 6. The van der Waals surface area contributed by atoms with Crippen LogP contribution in [0.4, 0.5) is 4.39 Å². The van der Waals surface area contributed by atoms with Gasteiger partial charge in [0, 0.05) is 30.5 Å². The number of nitrogens with two attached hydrogens (primary N) is 1. The van der Waals surface area contributed by atoms with Crippen LogP contribution in [0.3, 0.4) is 0 Å². The van der Waals surface area contributed by atoms with Crippen molar-refractivity contribution >= 4 is 17.7 Å². The van der Waals surface area contributed by atoms with E-state index in [1.165, 1.54) is 24.3 Å². The maximum absolute atomic E-state index is 12.7. The van der Waals surface area contributed by atoms with Crippen LogP contribution >= 0.6 is 0 Å². The first-order chi connectivity index (χ1) is 10.5. The van der Waals surface area contributed by atoms with Gasteiger partial charge in [0.15, 0.2) is 0 Å². The monoisotopic (exact) mass is 307 g/mol. The van der Waals surface area contributed by atoms with Crippen LogP contribution in [0.1, 0.15) is 23.2 Å². The highest BCUT2D eigenvalue weighted by atomic mass is 19.1. The molecule has 22 heavy (non-hydrogen) atoms. The minimum Gasteiger partial charge on any atom is -0.369 e. The molecule has 1 aromatic carbocycles. The van der Waals surface area contributed by atoms with E-state index in [1.54, 1.807) is 0 Å². The fraction of sp³-hybridized carbons (Fsp3) is 0.400. The first kappa shape index (κ1) is 15.9. The number of amides is 3. The summed E-state index contributed by atoms with van der Waals surface area (Å²) < 4.78 is 12.7. The molecule has 6 nitrogen and oxygen atoms in total. The van der Waals surface area contributed by atoms with Crippen molar-refractivity contribution in [3.63, 3.8) is 0 Å². The molecule has 1 fully saturated rings. The zero-order valence-electron chi connectivity index (χ0n) is 12.0. The lowest BCUT2D eigenvalue weighted by atomic mass is 9.72. The largest absolute Gasteiger partial charge is 0.369 e. The van der Waals surface area contributed by atoms with Gasteiger partial charge in [-0.15, -0.1) is 0 Å². The molecule has 2 atom stereocenters. The molecule has 118 valence electrons. The molecule has 1 aliphatic carbocycles. The third-order valence-electron chi connectivity index (χ3n) is 3.79. The van der Waals surface area contributed by atoms with Gasteiger partial charge >= 0.3 is 0 Å². The van der Waals surface area contributed by atoms with Crippen molar-refractivity contribution in [1.82, 2.24) is 10.6 Å². The fourth-order valence-electron chi connectivity index (χ4n) is 2.35. The van der Waals surface area contributed by atoms with Crippen LogP contribution in [-0.4, -0.2) is 30.8 Å². The number of halogens is 1. The second-order valence-electron chi connectivity index (χ2n) is 5.25. The average Bonchev–Trinajstić information content (AvgIpc) is 2.42. The number of carbonyl (C=O) groups is 3. The third kappa shape index (κ3) is 3.81. The van der Waals surface area contributed by atoms with Gasteiger partial charge in [0.1, 0.15) is 5.82 Å². The molecule has 1 aromatic rings. The minimum atomic E-state index is -0.448. The first-order valence-electron chi connectivity index (χ1n) is 7.10. The maximum atomic E-state index is 12.7. The Balaban J connectivity index is 1.69. The summed E-state index contributed by atoms with van der Waals surface area (Å²) in [6.45, 7) is 0.504. The molecular formula is C15H18FN3O3. The molecule has 0 aliphatic heterocycles. The van der Waals surface area contributed by atoms with Crippen LogP contribution in [0.25, 0.3) is 0 Å². The highest BCUT2D eigenvalue weighted by Gasteiger charge is 2.39. The van der Waals surface area contributed by atoms with Crippen molar-refractivity contribution in [3.8, 4) is 0 Å². The zero-order chi connectivity index (χ0) is 16.1. The van der Waals surface area contributed by atoms with Gasteiger partial charge in [-0.2, -0.15) is 0 Å². The Morgan fingerprint density at radius 3 is 2.18 bits per heavy atom. The quantitative estimate of drug-likeness (QED) is 0.654. The number of benzene rings is 1. The summed E-state index contributed by atoms with van der Waals surface area (Å²) in [5.41, 5.74) is 5.54. The molecular weight excluding hydrogens is 289 g/mol. The molecule has 0 saturated heterocycles. The number of primary amides is 1. The summed E-state index contributed by atoms with van der Waals surface area (Å²) in [4.78, 5) is 34.6. The number of hydrogen-bond donors (Lipinski definition) is 3. The van der Waals surface area contributed by atoms with Gasteiger partial charge in [-0.1, -0.05) is 0 Å². The second-order valence-corrected chi connectivity index (χ2v) is 5.25. The Labute approximate surface area is 127 Å². The number of carbonyl (C=O) groups excluding carboxylic acids is 3. The Morgan fingerprint density at radius 2 is 1.64 bits per heavy atom. The van der Waals surface area contributed by atoms with Crippen LogP contribution in [0.5, 0.6) is 0 Å². The Morgan fingerprint density at radius 1 is 1.05 bits per heavy atom. The van der Waals surface area contributed by atoms with Crippen LogP contribution < -0.4 is 16.4 Å². The van der Waals surface area contributed by atoms with Crippen molar-refractivity contribution in [2.75, 3.05) is 13.1 Å². The minimum absolute atomic E-state index is 0.217. The molecule has 2 unspecified atom stereocenters. The standard InChI is InChI=1S/C15H18FN3O3/c16-10-3-1-9(2-4-10)14(21)18-7-8-19-15(22)12-6-5-11(12)13(17)20/h1-4,11-12H,5-8H2,(H2,17,20)(H,18,21)(H,19,22). The normalized spacial score (nSPS) is 19.9. The van der Waals surface area contributed by atoms with Gasteiger partial charge in [0.2, 0.25) is 11.8 Å². The Kier molecular flexibility index (Phi) is 5.08. The lowest BCUT2D eigenvalue weighted by molar-refractivity contribution is -0.138. The average molecular weight is 307 g/mol. The molecule has 0 bridgehead atoms. The van der Waals surface area contributed by atoms with E-state index in [0.29, 0.717) is 18.4 Å². The molecule has 2 rings (SSSR count). The molecule has 1 aliphatic rings. The summed E-state index contributed by atoms with van der Waals surface area (Å²) >= 11 is 0. The van der Waals surface area contributed by atoms with E-state index in [2.05, 4.69) is 10.6 Å². The second kappa shape index (κ2) is 7.02. The molecule has 1 saturated carbocycles. The summed E-state index contributed by atoms with van der Waals surface area (Å²) in [7, 11) is 0. The van der Waals surface area contributed by atoms with Crippen LogP contribution in [0.15, 0.2) is 24.3 Å². The summed E-state index contributed by atoms with van der Waals surface area (Å²) in [5.74, 6) is -2.15. The molecule has 3 amide bonds. The SMILES string of the molecule is NC(=O)C1CCC1C(=O)NCCNC(=O)c1ccc(F)cc1. The number of hydrogen-bond acceptors (Lipinski definition) is 3. The highest BCUT2D eigenvalue weighted by Crippen LogP contribution is 2.33. The van der Waals surface area contributed by atoms with Crippen molar-refractivity contribution in [2.24, 2.45) is 17.6 Å². The van der Waals surface area contributed by atoms with Crippen molar-refractivity contribution in [3.05, 3.63) is 35.6 Å². The van der Waals surface area contributed by atoms with E-state index in [0.717, 1.165) is 0 Å². The predicted octanol–water partition coefficient (Wildman–Crippen LogP) is 0.183. The molecule has 0 heterocycles. The lowest BCUT2D eigenvalue weighted by Gasteiger charge is -2.32. The zero-order valence-corrected chi connectivity index (χ0v) is 12.0. The molecule has 4 N–H and O–H groups in total. The maximum Gasteiger partial charge on any atom is 0.251 e. The third-order valence-corrected chi connectivity index (χ3v) is 3.79. The van der Waals surface area contributed by atoms with Gasteiger partial charge < -0.3 is 16.4 Å². The van der Waals surface area contributed by atoms with Crippen molar-refractivity contribution < 1.29 is 18.8 Å². The molecule has 0 spiro atoms.